The lowest BCUT2D eigenvalue weighted by molar-refractivity contribution is 0.102. The van der Waals surface area contributed by atoms with Gasteiger partial charge in [0.05, 0.1) is 16.4 Å². The Bertz CT molecular complexity index is 1210. The number of rotatable bonds is 2. The molecule has 0 aliphatic carbocycles. The molecule has 0 radical (unpaired) electrons. The molecule has 1 amide bonds. The monoisotopic (exact) mass is 377 g/mol. The quantitative estimate of drug-likeness (QED) is 0.561. The van der Waals surface area contributed by atoms with Crippen LogP contribution in [-0.4, -0.2) is 15.3 Å². The minimum atomic E-state index is -0.325. The predicted octanol–water partition coefficient (Wildman–Crippen LogP) is 4.46. The van der Waals surface area contributed by atoms with Crippen LogP contribution >= 0.6 is 11.3 Å². The maximum absolute atomic E-state index is 12.9. The van der Waals surface area contributed by atoms with Crippen LogP contribution in [0.25, 0.3) is 15.2 Å². The van der Waals surface area contributed by atoms with Crippen molar-refractivity contribution in [2.24, 2.45) is 0 Å². The summed E-state index contributed by atoms with van der Waals surface area (Å²) in [5.41, 5.74) is 2.34. The third-order valence-electron chi connectivity index (χ3n) is 4.50. The van der Waals surface area contributed by atoms with Crippen molar-refractivity contribution in [3.05, 3.63) is 76.2 Å². The smallest absolute Gasteiger partial charge is 0.282 e. The molecule has 1 N–H and O–H groups in total. The van der Waals surface area contributed by atoms with E-state index < -0.39 is 0 Å². The van der Waals surface area contributed by atoms with E-state index in [0.29, 0.717) is 10.5 Å². The standard InChI is InChI=1S/C21H19N3O2S/c1-21(2,3)14-10-8-13(9-11-14)18(25)23-15-12-22-20-24(19(15)26)16-6-4-5-7-17(16)27-20/h4-12H,1-3H3,(H,23,25). The van der Waals surface area contributed by atoms with Gasteiger partial charge in [0.1, 0.15) is 5.69 Å². The van der Waals surface area contributed by atoms with Crippen LogP contribution in [0.2, 0.25) is 0 Å². The number of nitrogens with zero attached hydrogens (tertiary/aromatic N) is 2. The van der Waals surface area contributed by atoms with Gasteiger partial charge in [-0.3, -0.25) is 9.59 Å². The molecular formula is C21H19N3O2S. The summed E-state index contributed by atoms with van der Waals surface area (Å²) in [5, 5.41) is 2.70. The Morgan fingerprint density at radius 2 is 1.78 bits per heavy atom. The van der Waals surface area contributed by atoms with Gasteiger partial charge in [-0.1, -0.05) is 56.4 Å². The second-order valence-corrected chi connectivity index (χ2v) is 8.46. The zero-order valence-corrected chi connectivity index (χ0v) is 16.1. The first-order valence-electron chi connectivity index (χ1n) is 8.66. The minimum Gasteiger partial charge on any atom is -0.316 e. The number of nitrogens with one attached hydrogen (secondary N) is 1. The normalized spacial score (nSPS) is 11.8. The zero-order chi connectivity index (χ0) is 19.2. The van der Waals surface area contributed by atoms with Gasteiger partial charge in [-0.15, -0.1) is 0 Å². The van der Waals surface area contributed by atoms with Gasteiger partial charge >= 0.3 is 0 Å². The summed E-state index contributed by atoms with van der Waals surface area (Å²) in [7, 11) is 0. The summed E-state index contributed by atoms with van der Waals surface area (Å²) in [6.07, 6.45) is 1.43. The summed E-state index contributed by atoms with van der Waals surface area (Å²) in [6.45, 7) is 6.36. The highest BCUT2D eigenvalue weighted by molar-refractivity contribution is 7.23. The maximum Gasteiger partial charge on any atom is 0.282 e. The van der Waals surface area contributed by atoms with Crippen molar-refractivity contribution >= 4 is 38.1 Å². The van der Waals surface area contributed by atoms with Crippen LogP contribution in [0.4, 0.5) is 5.69 Å². The molecule has 0 fully saturated rings. The molecule has 27 heavy (non-hydrogen) atoms. The Morgan fingerprint density at radius 1 is 1.07 bits per heavy atom. The summed E-state index contributed by atoms with van der Waals surface area (Å²) in [5.74, 6) is -0.325. The summed E-state index contributed by atoms with van der Waals surface area (Å²) in [4.78, 5) is 30.4. The van der Waals surface area contributed by atoms with Gasteiger partial charge in [0.2, 0.25) is 0 Å². The number of anilines is 1. The fourth-order valence-electron chi connectivity index (χ4n) is 2.95. The fraction of sp³-hybridized carbons (Fsp3) is 0.190. The Morgan fingerprint density at radius 3 is 2.48 bits per heavy atom. The van der Waals surface area contributed by atoms with Crippen molar-refractivity contribution in [2.45, 2.75) is 26.2 Å². The molecule has 4 rings (SSSR count). The lowest BCUT2D eigenvalue weighted by Gasteiger charge is -2.19. The maximum atomic E-state index is 12.9. The number of fused-ring (bicyclic) bond motifs is 3. The van der Waals surface area contributed by atoms with E-state index in [2.05, 4.69) is 31.1 Å². The van der Waals surface area contributed by atoms with Crippen LogP contribution in [0, 0.1) is 0 Å². The van der Waals surface area contributed by atoms with Crippen molar-refractivity contribution < 1.29 is 4.79 Å². The van der Waals surface area contributed by atoms with Crippen molar-refractivity contribution in [1.29, 1.82) is 0 Å². The predicted molar refractivity (Wildman–Crippen MR) is 110 cm³/mol. The molecular weight excluding hydrogens is 358 g/mol. The van der Waals surface area contributed by atoms with Gasteiger partial charge in [0, 0.05) is 5.56 Å². The summed E-state index contributed by atoms with van der Waals surface area (Å²) < 4.78 is 2.52. The first-order valence-corrected chi connectivity index (χ1v) is 9.47. The first kappa shape index (κ1) is 17.4. The molecule has 4 aromatic rings. The molecule has 0 bridgehead atoms. The molecule has 0 aliphatic rings. The third-order valence-corrected chi connectivity index (χ3v) is 5.53. The topological polar surface area (TPSA) is 63.5 Å². The SMILES string of the molecule is CC(C)(C)c1ccc(C(=O)Nc2cnc3sc4ccccc4n3c2=O)cc1. The molecule has 2 aromatic carbocycles. The molecule has 2 heterocycles. The average molecular weight is 377 g/mol. The minimum absolute atomic E-state index is 0.0167. The van der Waals surface area contributed by atoms with E-state index in [1.165, 1.54) is 21.9 Å². The van der Waals surface area contributed by atoms with Crippen LogP contribution in [-0.2, 0) is 5.41 Å². The van der Waals surface area contributed by atoms with Crippen LogP contribution in [0.1, 0.15) is 36.7 Å². The van der Waals surface area contributed by atoms with Gasteiger partial charge in [-0.2, -0.15) is 0 Å². The Labute approximate surface area is 160 Å². The number of hydrogen-bond donors (Lipinski definition) is 1. The van der Waals surface area contributed by atoms with Gasteiger partial charge in [0.15, 0.2) is 4.96 Å². The number of hydrogen-bond acceptors (Lipinski definition) is 4. The van der Waals surface area contributed by atoms with Crippen molar-refractivity contribution in [2.75, 3.05) is 5.32 Å². The molecule has 0 spiro atoms. The molecule has 0 saturated heterocycles. The number of thiazole rings is 1. The molecule has 6 heteroatoms. The number of amides is 1. The number of para-hydroxylation sites is 1. The highest BCUT2D eigenvalue weighted by Gasteiger charge is 2.16. The van der Waals surface area contributed by atoms with Crippen LogP contribution < -0.4 is 10.9 Å². The van der Waals surface area contributed by atoms with E-state index in [4.69, 9.17) is 0 Å². The number of aromatic nitrogens is 2. The van der Waals surface area contributed by atoms with E-state index >= 15 is 0 Å². The third kappa shape index (κ3) is 3.13. The number of carbonyl (C=O) groups is 1. The molecule has 0 aliphatic heterocycles. The van der Waals surface area contributed by atoms with Gasteiger partial charge in [-0.25, -0.2) is 9.38 Å². The van der Waals surface area contributed by atoms with Crippen molar-refractivity contribution in [3.8, 4) is 0 Å². The van der Waals surface area contributed by atoms with Crippen molar-refractivity contribution in [3.63, 3.8) is 0 Å². The van der Waals surface area contributed by atoms with Gasteiger partial charge < -0.3 is 5.32 Å². The number of benzene rings is 2. The average Bonchev–Trinajstić information content (AvgIpc) is 3.02. The summed E-state index contributed by atoms with van der Waals surface area (Å²) in [6, 6.07) is 15.1. The van der Waals surface area contributed by atoms with E-state index in [9.17, 15) is 9.59 Å². The van der Waals surface area contributed by atoms with Gasteiger partial charge in [-0.05, 0) is 35.2 Å². The van der Waals surface area contributed by atoms with Crippen LogP contribution in [0.15, 0.2) is 59.5 Å². The zero-order valence-electron chi connectivity index (χ0n) is 15.3. The molecule has 2 aromatic heterocycles. The Kier molecular flexibility index (Phi) is 4.08. The van der Waals surface area contributed by atoms with E-state index in [1.807, 2.05) is 36.4 Å². The Hall–Kier alpha value is -2.99. The Balaban J connectivity index is 1.69. The van der Waals surface area contributed by atoms with Gasteiger partial charge in [0.25, 0.3) is 11.5 Å². The van der Waals surface area contributed by atoms with E-state index in [-0.39, 0.29) is 22.6 Å². The second-order valence-electron chi connectivity index (χ2n) is 7.45. The highest BCUT2D eigenvalue weighted by Crippen LogP contribution is 2.24. The molecule has 0 unspecified atom stereocenters. The lowest BCUT2D eigenvalue weighted by Crippen LogP contribution is -2.22. The molecule has 0 saturated carbocycles. The molecule has 5 nitrogen and oxygen atoms in total. The second kappa shape index (κ2) is 6.32. The number of carbonyl (C=O) groups excluding carboxylic acids is 1. The van der Waals surface area contributed by atoms with Crippen molar-refractivity contribution in [1.82, 2.24) is 9.38 Å². The fourth-order valence-corrected chi connectivity index (χ4v) is 3.94. The molecule has 136 valence electrons. The largest absolute Gasteiger partial charge is 0.316 e. The van der Waals surface area contributed by atoms with Crippen LogP contribution in [0.3, 0.4) is 0 Å². The molecule has 0 atom stereocenters. The lowest BCUT2D eigenvalue weighted by atomic mass is 9.87. The highest BCUT2D eigenvalue weighted by atomic mass is 32.1. The van der Waals surface area contributed by atoms with Crippen LogP contribution in [0.5, 0.6) is 0 Å². The first-order chi connectivity index (χ1) is 12.8. The van der Waals surface area contributed by atoms with E-state index in [1.54, 1.807) is 12.1 Å². The van der Waals surface area contributed by atoms with E-state index in [0.717, 1.165) is 15.8 Å². The summed E-state index contributed by atoms with van der Waals surface area (Å²) >= 11 is 1.44.